The third-order valence-electron chi connectivity index (χ3n) is 3.08. The van der Waals surface area contributed by atoms with Crippen molar-refractivity contribution < 1.29 is 4.74 Å². The van der Waals surface area contributed by atoms with Gasteiger partial charge in [0.05, 0.1) is 12.7 Å². The van der Waals surface area contributed by atoms with Crippen LogP contribution >= 0.6 is 0 Å². The molecule has 17 heavy (non-hydrogen) atoms. The zero-order valence-corrected chi connectivity index (χ0v) is 10.7. The summed E-state index contributed by atoms with van der Waals surface area (Å²) in [5.41, 5.74) is 0. The van der Waals surface area contributed by atoms with Crippen LogP contribution in [0.3, 0.4) is 0 Å². The lowest BCUT2D eigenvalue weighted by molar-refractivity contribution is 0.422. The number of hydrogen-bond donors (Lipinski definition) is 0. The van der Waals surface area contributed by atoms with Crippen LogP contribution in [0.15, 0.2) is 60.7 Å². The van der Waals surface area contributed by atoms with Crippen LogP contribution in [-0.4, -0.2) is 21.5 Å². The molecule has 0 bridgehead atoms. The van der Waals surface area contributed by atoms with Gasteiger partial charge in [-0.25, -0.2) is 0 Å². The Bertz CT molecular complexity index is 425. The second-order valence-corrected chi connectivity index (χ2v) is 6.89. The zero-order valence-electron chi connectivity index (χ0n) is 9.67. The molecule has 0 saturated carbocycles. The third kappa shape index (κ3) is 2.65. The molecule has 1 radical (unpaired) electrons. The minimum absolute atomic E-state index is 0.504. The zero-order chi connectivity index (χ0) is 11.5. The lowest BCUT2D eigenvalue weighted by Gasteiger charge is -2.14. The molecule has 1 aliphatic rings. The summed E-state index contributed by atoms with van der Waals surface area (Å²) in [6.45, 7) is 0.952. The molecule has 1 unspecified atom stereocenters. The Hall–Kier alpha value is -1.38. The highest BCUT2D eigenvalue weighted by molar-refractivity contribution is 6.85. The smallest absolute Gasteiger partial charge is 0.124 e. The highest BCUT2D eigenvalue weighted by atomic mass is 28.3. The fraction of sp³-hybridized carbons (Fsp3) is 0.200. The predicted octanol–water partition coefficient (Wildman–Crippen LogP) is 1.69. The molecule has 85 valence electrons. The van der Waals surface area contributed by atoms with Crippen LogP contribution < -0.4 is 10.4 Å². The van der Waals surface area contributed by atoms with Crippen molar-refractivity contribution in [2.24, 2.45) is 0 Å². The van der Waals surface area contributed by atoms with Gasteiger partial charge in [-0.1, -0.05) is 71.0 Å². The fourth-order valence-corrected chi connectivity index (χ4v) is 4.78. The molecular formula is C15H15OSi. The maximum Gasteiger partial charge on any atom is 0.124 e. The molecule has 2 heteroatoms. The van der Waals surface area contributed by atoms with Gasteiger partial charge in [0.1, 0.15) is 8.80 Å². The van der Waals surface area contributed by atoms with Gasteiger partial charge >= 0.3 is 0 Å². The van der Waals surface area contributed by atoms with Crippen molar-refractivity contribution in [3.05, 3.63) is 60.7 Å². The van der Waals surface area contributed by atoms with Crippen LogP contribution in [0.5, 0.6) is 0 Å². The van der Waals surface area contributed by atoms with E-state index < -0.39 is 8.80 Å². The molecule has 1 atom stereocenters. The third-order valence-corrected chi connectivity index (χ3v) is 6.00. The average Bonchev–Trinajstić information content (AvgIpc) is 3.22. The van der Waals surface area contributed by atoms with E-state index in [9.17, 15) is 0 Å². The lowest BCUT2D eigenvalue weighted by Crippen LogP contribution is -2.42. The Labute approximate surface area is 104 Å². The van der Waals surface area contributed by atoms with Crippen LogP contribution in [0.1, 0.15) is 0 Å². The predicted molar refractivity (Wildman–Crippen MR) is 72.5 cm³/mol. The van der Waals surface area contributed by atoms with Crippen LogP contribution in [0.2, 0.25) is 6.04 Å². The highest BCUT2D eigenvalue weighted by Gasteiger charge is 2.29. The number of epoxide rings is 1. The highest BCUT2D eigenvalue weighted by Crippen LogP contribution is 2.16. The molecule has 1 fully saturated rings. The van der Waals surface area contributed by atoms with E-state index >= 15 is 0 Å². The Morgan fingerprint density at radius 2 is 1.35 bits per heavy atom. The second kappa shape index (κ2) is 4.86. The van der Waals surface area contributed by atoms with Crippen molar-refractivity contribution in [1.29, 1.82) is 0 Å². The second-order valence-electron chi connectivity index (χ2n) is 4.37. The van der Waals surface area contributed by atoms with Crippen molar-refractivity contribution in [2.45, 2.75) is 12.1 Å². The van der Waals surface area contributed by atoms with Gasteiger partial charge in [0.2, 0.25) is 0 Å². The first-order valence-corrected chi connectivity index (χ1v) is 7.72. The summed E-state index contributed by atoms with van der Waals surface area (Å²) in [5, 5.41) is 2.97. The first-order chi connectivity index (χ1) is 8.43. The van der Waals surface area contributed by atoms with E-state index in [4.69, 9.17) is 4.74 Å². The van der Waals surface area contributed by atoms with E-state index in [1.807, 2.05) is 0 Å². The Balaban J connectivity index is 1.91. The minimum Gasteiger partial charge on any atom is -0.373 e. The topological polar surface area (TPSA) is 12.5 Å². The van der Waals surface area contributed by atoms with Gasteiger partial charge in [0, 0.05) is 0 Å². The molecule has 0 amide bonds. The molecular weight excluding hydrogens is 224 g/mol. The quantitative estimate of drug-likeness (QED) is 0.584. The van der Waals surface area contributed by atoms with E-state index in [1.54, 1.807) is 0 Å². The van der Waals surface area contributed by atoms with Gasteiger partial charge in [0.25, 0.3) is 0 Å². The molecule has 1 saturated heterocycles. The SMILES string of the molecule is c1ccc([Si](CC2CO2)c2ccccc2)cc1. The fourth-order valence-electron chi connectivity index (χ4n) is 2.09. The molecule has 2 aromatic rings. The van der Waals surface area contributed by atoms with Gasteiger partial charge in [0.15, 0.2) is 0 Å². The molecule has 0 spiro atoms. The van der Waals surface area contributed by atoms with Crippen LogP contribution in [0.4, 0.5) is 0 Å². The number of hydrogen-bond acceptors (Lipinski definition) is 1. The van der Waals surface area contributed by atoms with Crippen molar-refractivity contribution in [3.8, 4) is 0 Å². The van der Waals surface area contributed by atoms with Crippen molar-refractivity contribution in [2.75, 3.05) is 6.61 Å². The van der Waals surface area contributed by atoms with Crippen LogP contribution in [0.25, 0.3) is 0 Å². The molecule has 1 heterocycles. The summed E-state index contributed by atoms with van der Waals surface area (Å²) in [7, 11) is -0.662. The van der Waals surface area contributed by atoms with Crippen molar-refractivity contribution >= 4 is 19.2 Å². The maximum atomic E-state index is 5.41. The van der Waals surface area contributed by atoms with Gasteiger partial charge in [-0.15, -0.1) is 0 Å². The van der Waals surface area contributed by atoms with Gasteiger partial charge < -0.3 is 4.74 Å². The van der Waals surface area contributed by atoms with E-state index in [0.717, 1.165) is 6.61 Å². The van der Waals surface area contributed by atoms with Crippen molar-refractivity contribution in [3.63, 3.8) is 0 Å². The minimum atomic E-state index is -0.662. The molecule has 3 rings (SSSR count). The van der Waals surface area contributed by atoms with Gasteiger partial charge in [-0.2, -0.15) is 0 Å². The van der Waals surface area contributed by atoms with E-state index in [-0.39, 0.29) is 0 Å². The van der Waals surface area contributed by atoms with Crippen molar-refractivity contribution in [1.82, 2.24) is 0 Å². The summed E-state index contributed by atoms with van der Waals surface area (Å²) >= 11 is 0. The van der Waals surface area contributed by atoms with Crippen LogP contribution in [0, 0.1) is 0 Å². The summed E-state index contributed by atoms with van der Waals surface area (Å²) in [4.78, 5) is 0. The molecule has 2 aromatic carbocycles. The standard InChI is InChI=1S/C15H15OSi/c1-3-7-14(8-4-1)17(12-13-11-16-13)15-9-5-2-6-10-15/h1-10,13H,11-12H2. The molecule has 0 aromatic heterocycles. The Morgan fingerprint density at radius 3 is 1.76 bits per heavy atom. The largest absolute Gasteiger partial charge is 0.373 e. The summed E-state index contributed by atoms with van der Waals surface area (Å²) in [6, 6.07) is 22.9. The van der Waals surface area contributed by atoms with E-state index in [0.29, 0.717) is 6.10 Å². The first kappa shape index (κ1) is 10.8. The van der Waals surface area contributed by atoms with E-state index in [1.165, 1.54) is 16.4 Å². The summed E-state index contributed by atoms with van der Waals surface area (Å²) in [6.07, 6.45) is 0.504. The molecule has 1 nitrogen and oxygen atoms in total. The lowest BCUT2D eigenvalue weighted by atomic mass is 10.4. The summed E-state index contributed by atoms with van der Waals surface area (Å²) < 4.78 is 5.41. The monoisotopic (exact) mass is 239 g/mol. The number of benzene rings is 2. The Morgan fingerprint density at radius 1 is 0.882 bits per heavy atom. The van der Waals surface area contributed by atoms with E-state index in [2.05, 4.69) is 60.7 Å². The average molecular weight is 239 g/mol. The molecule has 1 aliphatic heterocycles. The maximum absolute atomic E-state index is 5.41. The normalized spacial score (nSPS) is 18.3. The Kier molecular flexibility index (Phi) is 3.07. The first-order valence-electron chi connectivity index (χ1n) is 6.02. The van der Waals surface area contributed by atoms with Crippen LogP contribution in [-0.2, 0) is 4.74 Å². The number of ether oxygens (including phenoxy) is 1. The number of rotatable bonds is 4. The molecule has 0 aliphatic carbocycles. The van der Waals surface area contributed by atoms with Gasteiger partial charge in [-0.05, 0) is 6.04 Å². The summed E-state index contributed by atoms with van der Waals surface area (Å²) in [5.74, 6) is 0. The molecule has 0 N–H and O–H groups in total. The van der Waals surface area contributed by atoms with Gasteiger partial charge in [-0.3, -0.25) is 0 Å².